The zero-order valence-corrected chi connectivity index (χ0v) is 12.0. The second kappa shape index (κ2) is 6.55. The van der Waals surface area contributed by atoms with Crippen LogP contribution >= 0.6 is 34.4 Å². The van der Waals surface area contributed by atoms with Crippen molar-refractivity contribution in [3.05, 3.63) is 28.6 Å². The van der Waals surface area contributed by atoms with Crippen molar-refractivity contribution in [3.8, 4) is 0 Å². The molecule has 0 atom stereocenters. The molecule has 0 radical (unpaired) electrons. The van der Waals surface area contributed by atoms with E-state index in [-0.39, 0.29) is 17.6 Å². The minimum Gasteiger partial charge on any atom is -0.375 e. The number of hydrogen-bond acceptors (Lipinski definition) is 7. The van der Waals surface area contributed by atoms with Crippen molar-refractivity contribution >= 4 is 51.4 Å². The van der Waals surface area contributed by atoms with Crippen LogP contribution in [0.25, 0.3) is 0 Å². The fourth-order valence-electron chi connectivity index (χ4n) is 1.11. The molecule has 2 amide bonds. The third kappa shape index (κ3) is 4.23. The number of nitrogen functional groups attached to an aromatic ring is 1. The number of nitrogens with one attached hydrogen (secondary N) is 2. The van der Waals surface area contributed by atoms with E-state index in [0.29, 0.717) is 10.0 Å². The molecule has 0 fully saturated rings. The molecule has 0 bridgehead atoms. The lowest BCUT2D eigenvalue weighted by Crippen LogP contribution is -2.42. The van der Waals surface area contributed by atoms with Crippen LogP contribution in [0, 0.1) is 0 Å². The standard InChI is InChI=1S/C10H10N4O2S3/c11-10-12-4-8(19-10)18-5-7(15)13-14-9(16)6-2-1-3-17-6/h1-4H,5H2,(H2,11,12)(H,13,15)(H,14,16). The number of hydrogen-bond donors (Lipinski definition) is 3. The highest BCUT2D eigenvalue weighted by atomic mass is 32.2. The number of hydrazine groups is 1. The third-order valence-electron chi connectivity index (χ3n) is 1.91. The first-order valence-corrected chi connectivity index (χ1v) is 7.80. The van der Waals surface area contributed by atoms with Gasteiger partial charge in [-0.3, -0.25) is 20.4 Å². The van der Waals surface area contributed by atoms with Gasteiger partial charge in [0.1, 0.15) is 0 Å². The molecule has 0 unspecified atom stereocenters. The van der Waals surface area contributed by atoms with E-state index in [4.69, 9.17) is 5.73 Å². The minimum absolute atomic E-state index is 0.187. The van der Waals surface area contributed by atoms with Gasteiger partial charge in [0.15, 0.2) is 5.13 Å². The van der Waals surface area contributed by atoms with E-state index in [1.165, 1.54) is 34.4 Å². The molecule has 0 saturated carbocycles. The van der Waals surface area contributed by atoms with Crippen molar-refractivity contribution in [2.75, 3.05) is 11.5 Å². The quantitative estimate of drug-likeness (QED) is 0.584. The van der Waals surface area contributed by atoms with Crippen LogP contribution < -0.4 is 16.6 Å². The SMILES string of the molecule is Nc1ncc(SCC(=O)NNC(=O)c2cccs2)s1. The minimum atomic E-state index is -0.324. The Bertz CT molecular complexity index is 567. The lowest BCUT2D eigenvalue weighted by molar-refractivity contribution is -0.119. The second-order valence-corrected chi connectivity index (χ2v) is 6.57. The van der Waals surface area contributed by atoms with Crippen molar-refractivity contribution < 1.29 is 9.59 Å². The molecular weight excluding hydrogens is 304 g/mol. The second-order valence-electron chi connectivity index (χ2n) is 3.29. The number of anilines is 1. The van der Waals surface area contributed by atoms with Crippen LogP contribution in [0.5, 0.6) is 0 Å². The van der Waals surface area contributed by atoms with Gasteiger partial charge in [0.05, 0.1) is 21.0 Å². The monoisotopic (exact) mass is 314 g/mol. The van der Waals surface area contributed by atoms with Crippen LogP contribution in [0.3, 0.4) is 0 Å². The lowest BCUT2D eigenvalue weighted by Gasteiger charge is -2.05. The summed E-state index contributed by atoms with van der Waals surface area (Å²) in [4.78, 5) is 27.5. The van der Waals surface area contributed by atoms with Gasteiger partial charge >= 0.3 is 0 Å². The molecular formula is C10H10N4O2S3. The van der Waals surface area contributed by atoms with Crippen LogP contribution in [0.1, 0.15) is 9.67 Å². The molecule has 0 saturated heterocycles. The number of aromatic nitrogens is 1. The van der Waals surface area contributed by atoms with Crippen LogP contribution in [0.2, 0.25) is 0 Å². The topological polar surface area (TPSA) is 97.1 Å². The molecule has 4 N–H and O–H groups in total. The fourth-order valence-corrected chi connectivity index (χ4v) is 3.28. The first kappa shape index (κ1) is 13.8. The maximum atomic E-state index is 11.5. The largest absolute Gasteiger partial charge is 0.375 e. The average Bonchev–Trinajstić information content (AvgIpc) is 3.04. The zero-order valence-electron chi connectivity index (χ0n) is 9.58. The summed E-state index contributed by atoms with van der Waals surface area (Å²) in [5.74, 6) is -0.427. The Morgan fingerprint density at radius 2 is 2.26 bits per heavy atom. The Balaban J connectivity index is 1.71. The van der Waals surface area contributed by atoms with Crippen molar-refractivity contribution in [2.24, 2.45) is 0 Å². The first-order chi connectivity index (χ1) is 9.15. The average molecular weight is 314 g/mol. The molecule has 2 aromatic rings. The number of thioether (sulfide) groups is 1. The molecule has 0 aliphatic heterocycles. The number of carbonyl (C=O) groups is 2. The Morgan fingerprint density at radius 3 is 2.89 bits per heavy atom. The van der Waals surface area contributed by atoms with Crippen molar-refractivity contribution in [2.45, 2.75) is 4.21 Å². The van der Waals surface area contributed by atoms with E-state index < -0.39 is 0 Å². The summed E-state index contributed by atoms with van der Waals surface area (Å²) in [6.07, 6.45) is 1.61. The molecule has 2 rings (SSSR count). The highest BCUT2D eigenvalue weighted by molar-refractivity contribution is 8.01. The van der Waals surface area contributed by atoms with Gasteiger partial charge in [0.2, 0.25) is 5.91 Å². The number of thiazole rings is 1. The van der Waals surface area contributed by atoms with Gasteiger partial charge in [-0.25, -0.2) is 4.98 Å². The number of amides is 2. The Kier molecular flexibility index (Phi) is 4.77. The summed E-state index contributed by atoms with van der Waals surface area (Å²) < 4.78 is 0.859. The number of carbonyl (C=O) groups excluding carboxylic acids is 2. The predicted octanol–water partition coefficient (Wildman–Crippen LogP) is 1.34. The normalized spacial score (nSPS) is 10.1. The van der Waals surface area contributed by atoms with E-state index in [1.54, 1.807) is 23.7 Å². The van der Waals surface area contributed by atoms with Gasteiger partial charge in [-0.05, 0) is 11.4 Å². The molecule has 2 heterocycles. The van der Waals surface area contributed by atoms with Crippen molar-refractivity contribution in [3.63, 3.8) is 0 Å². The molecule has 0 aliphatic rings. The van der Waals surface area contributed by atoms with E-state index in [9.17, 15) is 9.59 Å². The highest BCUT2D eigenvalue weighted by Gasteiger charge is 2.09. The van der Waals surface area contributed by atoms with Gasteiger partial charge in [-0.15, -0.1) is 23.1 Å². The summed E-state index contributed by atoms with van der Waals surface area (Å²) >= 11 is 3.94. The molecule has 0 spiro atoms. The van der Waals surface area contributed by atoms with Crippen LogP contribution in [0.4, 0.5) is 5.13 Å². The summed E-state index contributed by atoms with van der Waals surface area (Å²) in [6.45, 7) is 0. The third-order valence-corrected chi connectivity index (χ3v) is 4.80. The van der Waals surface area contributed by atoms with E-state index in [1.807, 2.05) is 0 Å². The van der Waals surface area contributed by atoms with E-state index in [2.05, 4.69) is 15.8 Å². The Hall–Kier alpha value is -1.58. The molecule has 100 valence electrons. The van der Waals surface area contributed by atoms with Crippen LogP contribution in [0.15, 0.2) is 27.9 Å². The number of rotatable bonds is 4. The molecule has 6 nitrogen and oxygen atoms in total. The van der Waals surface area contributed by atoms with Crippen LogP contribution in [-0.4, -0.2) is 22.6 Å². The van der Waals surface area contributed by atoms with E-state index in [0.717, 1.165) is 4.21 Å². The number of nitrogens with zero attached hydrogens (tertiary/aromatic N) is 1. The smallest absolute Gasteiger partial charge is 0.279 e. The Labute approximate surface area is 121 Å². The number of thiophene rings is 1. The molecule has 2 aromatic heterocycles. The Morgan fingerprint density at radius 1 is 1.42 bits per heavy atom. The van der Waals surface area contributed by atoms with Gasteiger partial charge in [-0.2, -0.15) is 0 Å². The predicted molar refractivity (Wildman–Crippen MR) is 77.2 cm³/mol. The first-order valence-electron chi connectivity index (χ1n) is 5.12. The summed E-state index contributed by atoms with van der Waals surface area (Å²) in [6, 6.07) is 3.45. The summed E-state index contributed by atoms with van der Waals surface area (Å²) in [7, 11) is 0. The summed E-state index contributed by atoms with van der Waals surface area (Å²) in [5, 5.41) is 2.26. The van der Waals surface area contributed by atoms with Gasteiger partial charge in [0.25, 0.3) is 5.91 Å². The molecule has 9 heteroatoms. The maximum Gasteiger partial charge on any atom is 0.279 e. The summed E-state index contributed by atoms with van der Waals surface area (Å²) in [5.41, 5.74) is 10.2. The highest BCUT2D eigenvalue weighted by Crippen LogP contribution is 2.25. The molecule has 19 heavy (non-hydrogen) atoms. The van der Waals surface area contributed by atoms with Gasteiger partial charge < -0.3 is 5.73 Å². The van der Waals surface area contributed by atoms with Crippen LogP contribution in [-0.2, 0) is 4.79 Å². The van der Waals surface area contributed by atoms with Gasteiger partial charge in [0, 0.05) is 0 Å². The number of nitrogens with two attached hydrogens (primary N) is 1. The molecule has 0 aliphatic carbocycles. The van der Waals surface area contributed by atoms with E-state index >= 15 is 0 Å². The lowest BCUT2D eigenvalue weighted by atomic mass is 10.4. The van der Waals surface area contributed by atoms with Crippen molar-refractivity contribution in [1.82, 2.24) is 15.8 Å². The van der Waals surface area contributed by atoms with Gasteiger partial charge in [-0.1, -0.05) is 17.4 Å². The zero-order chi connectivity index (χ0) is 13.7. The fraction of sp³-hybridized carbons (Fsp3) is 0.100. The molecule has 0 aromatic carbocycles. The van der Waals surface area contributed by atoms with Crippen molar-refractivity contribution in [1.29, 1.82) is 0 Å². The maximum absolute atomic E-state index is 11.5.